The minimum atomic E-state index is -4.58. The zero-order valence-electron chi connectivity index (χ0n) is 20.1. The molecule has 0 atom stereocenters. The topological polar surface area (TPSA) is 35.6 Å². The van der Waals surface area contributed by atoms with Crippen LogP contribution in [0.3, 0.4) is 0 Å². The number of rotatable bonds is 6. The number of hydrogen-bond donors (Lipinski definition) is 1. The molecule has 0 bridgehead atoms. The van der Waals surface area contributed by atoms with E-state index in [1.165, 1.54) is 36.1 Å². The van der Waals surface area contributed by atoms with Gasteiger partial charge in [0, 0.05) is 24.8 Å². The summed E-state index contributed by atoms with van der Waals surface area (Å²) in [5, 5.41) is 2.34. The molecule has 2 amide bonds. The number of carbonyl (C=O) groups excluding carboxylic acids is 1. The van der Waals surface area contributed by atoms with Crippen molar-refractivity contribution in [2.24, 2.45) is 0 Å². The number of anilines is 1. The van der Waals surface area contributed by atoms with Crippen LogP contribution in [0.1, 0.15) is 61.1 Å². The number of hydrogen-bond acceptors (Lipinski definition) is 2. The van der Waals surface area contributed by atoms with Crippen LogP contribution in [0.4, 0.5) is 23.7 Å². The summed E-state index contributed by atoms with van der Waals surface area (Å²) in [6, 6.07) is 11.8. The van der Waals surface area contributed by atoms with Gasteiger partial charge in [0.25, 0.3) is 0 Å². The number of urea groups is 1. The Labute approximate surface area is 210 Å². The lowest BCUT2D eigenvalue weighted by Crippen LogP contribution is -2.47. The second-order valence-corrected chi connectivity index (χ2v) is 10.2. The van der Waals surface area contributed by atoms with Crippen LogP contribution in [0.25, 0.3) is 0 Å². The van der Waals surface area contributed by atoms with Crippen LogP contribution in [0, 0.1) is 6.92 Å². The predicted octanol–water partition coefficient (Wildman–Crippen LogP) is 7.32. The Balaban J connectivity index is 1.46. The van der Waals surface area contributed by atoms with Gasteiger partial charge in [0.15, 0.2) is 0 Å². The van der Waals surface area contributed by atoms with E-state index in [1.807, 2.05) is 4.90 Å². The van der Waals surface area contributed by atoms with Gasteiger partial charge in [-0.1, -0.05) is 41.4 Å². The Bertz CT molecular complexity index is 1010. The van der Waals surface area contributed by atoms with E-state index < -0.39 is 11.7 Å². The maximum atomic E-state index is 13.3. The van der Waals surface area contributed by atoms with Crippen molar-refractivity contribution in [3.05, 3.63) is 64.2 Å². The van der Waals surface area contributed by atoms with Crippen LogP contribution in [-0.4, -0.2) is 48.1 Å². The zero-order valence-corrected chi connectivity index (χ0v) is 20.8. The molecule has 1 saturated heterocycles. The van der Waals surface area contributed by atoms with Crippen LogP contribution < -0.4 is 5.32 Å². The van der Waals surface area contributed by atoms with Crippen LogP contribution in [0.5, 0.6) is 0 Å². The number of nitrogens with zero attached hydrogens (tertiary/aromatic N) is 2. The minimum absolute atomic E-state index is 0.0630. The summed E-state index contributed by atoms with van der Waals surface area (Å²) in [4.78, 5) is 17.5. The summed E-state index contributed by atoms with van der Waals surface area (Å²) in [6.07, 6.45) is 1.47. The molecule has 2 aromatic carbocycles. The summed E-state index contributed by atoms with van der Waals surface area (Å²) in [7, 11) is 0. The number of halogens is 4. The second-order valence-electron chi connectivity index (χ2n) is 9.78. The number of carbonyl (C=O) groups is 1. The molecule has 4 nitrogen and oxygen atoms in total. The van der Waals surface area contributed by atoms with Gasteiger partial charge in [-0.2, -0.15) is 13.2 Å². The van der Waals surface area contributed by atoms with Gasteiger partial charge in [0.2, 0.25) is 0 Å². The number of amides is 2. The summed E-state index contributed by atoms with van der Waals surface area (Å²) in [5.41, 5.74) is 1.75. The summed E-state index contributed by atoms with van der Waals surface area (Å²) in [6.45, 7) is 5.49. The normalized spacial score (nSPS) is 21.2. The van der Waals surface area contributed by atoms with Gasteiger partial charge in [-0.25, -0.2) is 4.79 Å². The fourth-order valence-corrected chi connectivity index (χ4v) is 5.59. The van der Waals surface area contributed by atoms with E-state index >= 15 is 0 Å². The first kappa shape index (κ1) is 25.8. The Morgan fingerprint density at radius 3 is 2.46 bits per heavy atom. The zero-order chi connectivity index (χ0) is 25.0. The van der Waals surface area contributed by atoms with Crippen molar-refractivity contribution in [2.45, 2.75) is 63.6 Å². The molecule has 4 rings (SSSR count). The largest absolute Gasteiger partial charge is 0.417 e. The molecule has 2 aromatic rings. The van der Waals surface area contributed by atoms with E-state index in [0.29, 0.717) is 12.5 Å². The van der Waals surface area contributed by atoms with Crippen LogP contribution in [0.15, 0.2) is 42.5 Å². The molecule has 1 saturated carbocycles. The lowest BCUT2D eigenvalue weighted by Gasteiger charge is -2.38. The molecule has 190 valence electrons. The quantitative estimate of drug-likeness (QED) is 0.444. The Hall–Kier alpha value is -2.25. The van der Waals surface area contributed by atoms with E-state index in [1.54, 1.807) is 0 Å². The lowest BCUT2D eigenvalue weighted by atomic mass is 9.81. The van der Waals surface area contributed by atoms with Crippen molar-refractivity contribution < 1.29 is 18.0 Å². The molecule has 35 heavy (non-hydrogen) atoms. The molecule has 0 spiro atoms. The average Bonchev–Trinajstić information content (AvgIpc) is 3.34. The standard InChI is InChI=1S/C27H33ClF3N3O/c1-19-5-4-6-21(17-19)20-7-10-23(11-8-20)34(16-15-33-13-2-3-14-33)26(35)32-22-9-12-25(28)24(18-22)27(29,30)31/h4-6,9,12,17-18,20,23H,2-3,7-8,10-11,13-16H2,1H3,(H,32,35). The SMILES string of the molecule is Cc1cccc(C2CCC(N(CCN3CCCC3)C(=O)Nc3ccc(Cl)c(C(F)(F)F)c3)CC2)c1. The van der Waals surface area contributed by atoms with E-state index in [9.17, 15) is 18.0 Å². The Morgan fingerprint density at radius 1 is 1.09 bits per heavy atom. The molecular weight excluding hydrogens is 475 g/mol. The van der Waals surface area contributed by atoms with Crippen LogP contribution in [-0.2, 0) is 6.18 Å². The molecule has 1 N–H and O–H groups in total. The Kier molecular flexibility index (Phi) is 8.27. The lowest BCUT2D eigenvalue weighted by molar-refractivity contribution is -0.137. The third kappa shape index (κ3) is 6.70. The van der Waals surface area contributed by atoms with E-state index in [2.05, 4.69) is 41.4 Å². The first-order valence-electron chi connectivity index (χ1n) is 12.4. The third-order valence-electron chi connectivity index (χ3n) is 7.29. The second kappa shape index (κ2) is 11.2. The summed E-state index contributed by atoms with van der Waals surface area (Å²) < 4.78 is 39.9. The molecule has 1 heterocycles. The Morgan fingerprint density at radius 2 is 1.80 bits per heavy atom. The highest BCUT2D eigenvalue weighted by atomic mass is 35.5. The molecule has 0 unspecified atom stereocenters. The molecule has 0 aromatic heterocycles. The maximum absolute atomic E-state index is 13.3. The van der Waals surface area contributed by atoms with Gasteiger partial charge in [0.05, 0.1) is 10.6 Å². The molecule has 2 fully saturated rings. The predicted molar refractivity (Wildman–Crippen MR) is 134 cm³/mol. The molecule has 1 aliphatic carbocycles. The highest BCUT2D eigenvalue weighted by molar-refractivity contribution is 6.31. The first-order chi connectivity index (χ1) is 16.7. The summed E-state index contributed by atoms with van der Waals surface area (Å²) >= 11 is 5.75. The average molecular weight is 508 g/mol. The van der Waals surface area contributed by atoms with Crippen LogP contribution in [0.2, 0.25) is 5.02 Å². The number of nitrogens with one attached hydrogen (secondary N) is 1. The van der Waals surface area contributed by atoms with Gasteiger partial charge in [-0.05, 0) is 88.2 Å². The van der Waals surface area contributed by atoms with Gasteiger partial charge in [-0.15, -0.1) is 0 Å². The van der Waals surface area contributed by atoms with Crippen LogP contribution >= 0.6 is 11.6 Å². The van der Waals surface area contributed by atoms with Gasteiger partial charge < -0.3 is 15.1 Å². The minimum Gasteiger partial charge on any atom is -0.320 e. The third-order valence-corrected chi connectivity index (χ3v) is 7.62. The highest BCUT2D eigenvalue weighted by Crippen LogP contribution is 2.37. The molecule has 8 heteroatoms. The molecule has 1 aliphatic heterocycles. The monoisotopic (exact) mass is 507 g/mol. The van der Waals surface area contributed by atoms with E-state index in [-0.39, 0.29) is 22.8 Å². The number of benzene rings is 2. The summed E-state index contributed by atoms with van der Waals surface area (Å²) in [5.74, 6) is 0.472. The number of aryl methyl sites for hydroxylation is 1. The number of alkyl halides is 3. The van der Waals surface area contributed by atoms with Gasteiger partial charge >= 0.3 is 12.2 Å². The first-order valence-corrected chi connectivity index (χ1v) is 12.8. The van der Waals surface area contributed by atoms with Crippen molar-refractivity contribution in [1.82, 2.24) is 9.80 Å². The van der Waals surface area contributed by atoms with E-state index in [4.69, 9.17) is 11.6 Å². The number of likely N-dealkylation sites (tertiary alicyclic amines) is 1. The molecule has 2 aliphatic rings. The smallest absolute Gasteiger partial charge is 0.320 e. The van der Waals surface area contributed by atoms with Crippen molar-refractivity contribution in [1.29, 1.82) is 0 Å². The van der Waals surface area contributed by atoms with Crippen molar-refractivity contribution in [3.63, 3.8) is 0 Å². The maximum Gasteiger partial charge on any atom is 0.417 e. The van der Waals surface area contributed by atoms with E-state index in [0.717, 1.165) is 51.4 Å². The molecule has 0 radical (unpaired) electrons. The fourth-order valence-electron chi connectivity index (χ4n) is 5.37. The van der Waals surface area contributed by atoms with Gasteiger partial charge in [0.1, 0.15) is 0 Å². The van der Waals surface area contributed by atoms with Crippen molar-refractivity contribution in [3.8, 4) is 0 Å². The van der Waals surface area contributed by atoms with Crippen molar-refractivity contribution >= 4 is 23.3 Å². The van der Waals surface area contributed by atoms with Gasteiger partial charge in [-0.3, -0.25) is 0 Å². The molecular formula is C27H33ClF3N3O. The highest BCUT2D eigenvalue weighted by Gasteiger charge is 2.34. The fraction of sp³-hybridized carbons (Fsp3) is 0.519. The van der Waals surface area contributed by atoms with Crippen molar-refractivity contribution in [2.75, 3.05) is 31.5 Å².